The molecule has 6 nitrogen and oxygen atoms in total. The summed E-state index contributed by atoms with van der Waals surface area (Å²) < 4.78 is 4.76. The highest BCUT2D eigenvalue weighted by molar-refractivity contribution is 6.23. The number of hydrogen-bond acceptors (Lipinski definition) is 4. The van der Waals surface area contributed by atoms with Gasteiger partial charge in [-0.3, -0.25) is 0 Å². The number of aromatic nitrogens is 6. The number of fused-ring (bicyclic) bond motifs is 12. The average Bonchev–Trinajstić information content (AvgIpc) is 0.845. The first-order valence-corrected chi connectivity index (χ1v) is 34.7. The molecule has 4 aromatic heterocycles. The van der Waals surface area contributed by atoms with Crippen LogP contribution in [-0.2, 0) is 0 Å². The monoisotopic (exact) mass is 1300 g/mol. The van der Waals surface area contributed by atoms with Crippen LogP contribution in [0.4, 0.5) is 0 Å². The Balaban J connectivity index is 0.000000141. The van der Waals surface area contributed by atoms with Crippen molar-refractivity contribution in [3.8, 4) is 101 Å². The van der Waals surface area contributed by atoms with E-state index in [0.29, 0.717) is 11.6 Å². The second-order valence-corrected chi connectivity index (χ2v) is 26.0. The summed E-state index contributed by atoms with van der Waals surface area (Å²) >= 11 is 0. The summed E-state index contributed by atoms with van der Waals surface area (Å²) in [5, 5.41) is 15.0. The first kappa shape index (κ1) is 59.6. The van der Waals surface area contributed by atoms with Crippen LogP contribution >= 0.6 is 0 Å². The maximum absolute atomic E-state index is 5.06. The van der Waals surface area contributed by atoms with Crippen molar-refractivity contribution in [1.82, 2.24) is 29.1 Å². The maximum atomic E-state index is 5.06. The van der Waals surface area contributed by atoms with Crippen molar-refractivity contribution in [3.05, 3.63) is 376 Å². The van der Waals surface area contributed by atoms with Gasteiger partial charge in [0.05, 0.1) is 44.8 Å². The zero-order chi connectivity index (χ0) is 67.5. The molecule has 102 heavy (non-hydrogen) atoms. The zero-order valence-corrected chi connectivity index (χ0v) is 55.5. The largest absolute Gasteiger partial charge is 0.309 e. The van der Waals surface area contributed by atoms with E-state index < -0.39 is 0 Å². The molecule has 0 saturated heterocycles. The topological polar surface area (TPSA) is 61.4 Å². The Kier molecular flexibility index (Phi) is 14.8. The van der Waals surface area contributed by atoms with Gasteiger partial charge in [0.25, 0.3) is 0 Å². The molecule has 0 aliphatic carbocycles. The van der Waals surface area contributed by atoms with Gasteiger partial charge in [0.2, 0.25) is 0 Å². The highest BCUT2D eigenvalue weighted by Crippen LogP contribution is 2.43. The molecule has 0 unspecified atom stereocenters. The number of nitrogens with zero attached hydrogens (tertiary/aromatic N) is 6. The molecule has 0 aliphatic rings. The molecular formula is C96H62N6. The molecule has 0 bridgehead atoms. The third-order valence-corrected chi connectivity index (χ3v) is 20.0. The van der Waals surface area contributed by atoms with Gasteiger partial charge in [-0.15, -0.1) is 0 Å². The van der Waals surface area contributed by atoms with E-state index in [9.17, 15) is 0 Å². The highest BCUT2D eigenvalue weighted by Gasteiger charge is 2.20. The molecule has 0 amide bonds. The Morgan fingerprint density at radius 2 is 0.510 bits per heavy atom. The minimum absolute atomic E-state index is 0.705. The van der Waals surface area contributed by atoms with Crippen LogP contribution < -0.4 is 0 Å². The lowest BCUT2D eigenvalue weighted by atomic mass is 9.95. The summed E-state index contributed by atoms with van der Waals surface area (Å²) in [5.74, 6) is 1.41. The fourth-order valence-corrected chi connectivity index (χ4v) is 15.1. The van der Waals surface area contributed by atoms with E-state index in [0.717, 1.165) is 67.5 Å². The van der Waals surface area contributed by atoms with E-state index in [1.165, 1.54) is 109 Å². The Bertz CT molecular complexity index is 6460. The number of rotatable bonds is 10. The number of hydrogen-bond donors (Lipinski definition) is 0. The Morgan fingerprint density at radius 3 is 0.961 bits per heavy atom. The third-order valence-electron chi connectivity index (χ3n) is 20.0. The van der Waals surface area contributed by atoms with Gasteiger partial charge >= 0.3 is 0 Å². The van der Waals surface area contributed by atoms with Crippen LogP contribution in [0.15, 0.2) is 376 Å². The number of para-hydroxylation sites is 2. The van der Waals surface area contributed by atoms with Gasteiger partial charge < -0.3 is 9.13 Å². The van der Waals surface area contributed by atoms with E-state index in [2.05, 4.69) is 312 Å². The molecule has 4 heterocycles. The standard InChI is InChI=1S/2C48H31N3/c1-3-13-33(14-4-1)43-31-44(34-15-5-2-6-16-34)50-48(49-43)35-22-26-38(27-23-35)51-45-21-10-9-19-42(45)47-41-28-24-36(30-37(41)25-29-46(47)51)40-20-11-17-32-12-7-8-18-39(32)40;1-3-13-34(14-4-1)43-31-44(35-15-5-2-6-16-35)50-48(49-43)36-24-27-38(28-25-36)51-45-21-10-9-19-41(45)47-42-30-37(23-22-33(42)26-29-46(47)51)40-20-11-17-32-12-7-8-18-39(32)40/h2*1-31H. The summed E-state index contributed by atoms with van der Waals surface area (Å²) in [4.78, 5) is 20.2. The van der Waals surface area contributed by atoms with E-state index in [-0.39, 0.29) is 0 Å². The second kappa shape index (κ2) is 25.3. The molecule has 0 fully saturated rings. The lowest BCUT2D eigenvalue weighted by Crippen LogP contribution is -1.97. The molecular weight excluding hydrogens is 1240 g/mol. The minimum Gasteiger partial charge on any atom is -0.309 e. The van der Waals surface area contributed by atoms with Gasteiger partial charge in [-0.05, 0) is 162 Å². The molecule has 16 aromatic carbocycles. The van der Waals surface area contributed by atoms with Crippen LogP contribution in [0.3, 0.4) is 0 Å². The minimum atomic E-state index is 0.705. The third kappa shape index (κ3) is 10.7. The van der Waals surface area contributed by atoms with Gasteiger partial charge in [-0.2, -0.15) is 0 Å². The van der Waals surface area contributed by atoms with Crippen molar-refractivity contribution >= 4 is 86.7 Å². The molecule has 0 N–H and O–H groups in total. The fraction of sp³-hybridized carbons (Fsp3) is 0. The molecule has 20 aromatic rings. The van der Waals surface area contributed by atoms with Gasteiger partial charge in [0, 0.05) is 66.3 Å². The van der Waals surface area contributed by atoms with Crippen molar-refractivity contribution in [1.29, 1.82) is 0 Å². The van der Waals surface area contributed by atoms with Crippen LogP contribution in [0.5, 0.6) is 0 Å². The predicted molar refractivity (Wildman–Crippen MR) is 426 cm³/mol. The first-order chi connectivity index (χ1) is 50.6. The van der Waals surface area contributed by atoms with Crippen LogP contribution in [0.2, 0.25) is 0 Å². The second-order valence-electron chi connectivity index (χ2n) is 26.0. The summed E-state index contributed by atoms with van der Waals surface area (Å²) in [7, 11) is 0. The van der Waals surface area contributed by atoms with Crippen LogP contribution in [0.25, 0.3) is 188 Å². The summed E-state index contributed by atoms with van der Waals surface area (Å²) in [5.41, 5.74) is 21.7. The van der Waals surface area contributed by atoms with Crippen molar-refractivity contribution in [2.75, 3.05) is 0 Å². The Hall–Kier alpha value is -13.7. The zero-order valence-electron chi connectivity index (χ0n) is 55.5. The lowest BCUT2D eigenvalue weighted by Gasteiger charge is -2.12. The summed E-state index contributed by atoms with van der Waals surface area (Å²) in [6.07, 6.45) is 0. The Labute approximate surface area is 589 Å². The smallest absolute Gasteiger partial charge is 0.160 e. The normalized spacial score (nSPS) is 11.5. The highest BCUT2D eigenvalue weighted by atomic mass is 15.0. The van der Waals surface area contributed by atoms with Crippen molar-refractivity contribution < 1.29 is 0 Å². The molecule has 0 saturated carbocycles. The van der Waals surface area contributed by atoms with Gasteiger partial charge in [-0.1, -0.05) is 279 Å². The van der Waals surface area contributed by atoms with Crippen molar-refractivity contribution in [3.63, 3.8) is 0 Å². The van der Waals surface area contributed by atoms with Crippen LogP contribution in [-0.4, -0.2) is 29.1 Å². The molecule has 0 radical (unpaired) electrons. The Morgan fingerprint density at radius 1 is 0.176 bits per heavy atom. The summed E-state index contributed by atoms with van der Waals surface area (Å²) in [6, 6.07) is 134. The first-order valence-electron chi connectivity index (χ1n) is 34.7. The molecule has 476 valence electrons. The maximum Gasteiger partial charge on any atom is 0.160 e. The predicted octanol–water partition coefficient (Wildman–Crippen LogP) is 25.1. The molecule has 6 heteroatoms. The van der Waals surface area contributed by atoms with Crippen LogP contribution in [0, 0.1) is 0 Å². The fourth-order valence-electron chi connectivity index (χ4n) is 15.1. The van der Waals surface area contributed by atoms with E-state index in [1.807, 2.05) is 72.8 Å². The molecule has 0 spiro atoms. The quantitative estimate of drug-likeness (QED) is 0.137. The summed E-state index contributed by atoms with van der Waals surface area (Å²) in [6.45, 7) is 0. The molecule has 0 aliphatic heterocycles. The SMILES string of the molecule is c1ccc(-c2cc(-c3ccccc3)nc(-c3ccc(-n4c5ccccc5c5c6cc(-c7cccc8ccccc78)ccc6ccc54)cc3)n2)cc1.c1ccc(-c2cc(-c3ccccc3)nc(-c3ccc(-n4c5ccccc5c5c6ccc(-c7cccc8ccccc78)cc6ccc54)cc3)n2)cc1. The van der Waals surface area contributed by atoms with Crippen molar-refractivity contribution in [2.45, 2.75) is 0 Å². The van der Waals surface area contributed by atoms with Gasteiger partial charge in [0.15, 0.2) is 11.6 Å². The molecule has 20 rings (SSSR count). The number of benzene rings is 16. The molecule has 0 atom stereocenters. The van der Waals surface area contributed by atoms with Gasteiger partial charge in [0.1, 0.15) is 0 Å². The van der Waals surface area contributed by atoms with E-state index in [1.54, 1.807) is 0 Å². The van der Waals surface area contributed by atoms with Crippen molar-refractivity contribution in [2.24, 2.45) is 0 Å². The van der Waals surface area contributed by atoms with Gasteiger partial charge in [-0.25, -0.2) is 19.9 Å². The lowest BCUT2D eigenvalue weighted by molar-refractivity contribution is 1.16. The average molecular weight is 1300 g/mol. The van der Waals surface area contributed by atoms with Crippen LogP contribution in [0.1, 0.15) is 0 Å². The van der Waals surface area contributed by atoms with E-state index >= 15 is 0 Å². The van der Waals surface area contributed by atoms with E-state index in [4.69, 9.17) is 19.9 Å².